The second-order valence-electron chi connectivity index (χ2n) is 6.22. The van der Waals surface area contributed by atoms with E-state index >= 15 is 0 Å². The zero-order chi connectivity index (χ0) is 21.3. The van der Waals surface area contributed by atoms with Crippen LogP contribution in [-0.4, -0.2) is 45.6 Å². The minimum Gasteiger partial charge on any atom is -0.472 e. The summed E-state index contributed by atoms with van der Waals surface area (Å²) in [5, 5.41) is 11.9. The molecule has 0 radical (unpaired) electrons. The highest BCUT2D eigenvalue weighted by Crippen LogP contribution is 2.35. The molecule has 0 aliphatic rings. The molecule has 0 bridgehead atoms. The van der Waals surface area contributed by atoms with E-state index in [0.717, 1.165) is 23.8 Å². The van der Waals surface area contributed by atoms with Crippen LogP contribution in [0.1, 0.15) is 23.0 Å². The number of aliphatic hydroxyl groups is 1. The van der Waals surface area contributed by atoms with Gasteiger partial charge in [-0.05, 0) is 19.1 Å². The summed E-state index contributed by atoms with van der Waals surface area (Å²) in [4.78, 5) is 27.9. The lowest BCUT2D eigenvalue weighted by Gasteiger charge is -2.18. The Morgan fingerprint density at radius 3 is 2.59 bits per heavy atom. The van der Waals surface area contributed by atoms with Crippen LogP contribution in [0.4, 0.5) is 13.2 Å². The average Bonchev–Trinajstić information content (AvgIpc) is 3.32. The van der Waals surface area contributed by atoms with Gasteiger partial charge in [-0.1, -0.05) is 0 Å². The minimum atomic E-state index is -4.73. The maximum atomic E-state index is 13.5. The van der Waals surface area contributed by atoms with Gasteiger partial charge >= 0.3 is 12.1 Å². The highest BCUT2D eigenvalue weighted by molar-refractivity contribution is 5.96. The maximum absolute atomic E-state index is 13.5. The molecule has 1 amide bonds. The summed E-state index contributed by atoms with van der Waals surface area (Å²) in [6.45, 7) is 1.25. The molecule has 3 rings (SSSR count). The van der Waals surface area contributed by atoms with E-state index in [0.29, 0.717) is 5.56 Å². The van der Waals surface area contributed by atoms with E-state index in [9.17, 15) is 27.9 Å². The Morgan fingerprint density at radius 1 is 1.31 bits per heavy atom. The van der Waals surface area contributed by atoms with Gasteiger partial charge in [0.25, 0.3) is 5.91 Å². The fourth-order valence-corrected chi connectivity index (χ4v) is 2.72. The number of furan rings is 1. The highest BCUT2D eigenvalue weighted by atomic mass is 19.4. The number of carbonyl (C=O) groups excluding carboxylic acids is 2. The Hall–Kier alpha value is -3.34. The van der Waals surface area contributed by atoms with E-state index in [2.05, 4.69) is 15.0 Å². The molecule has 29 heavy (non-hydrogen) atoms. The number of rotatable bonds is 5. The van der Waals surface area contributed by atoms with E-state index in [-0.39, 0.29) is 11.3 Å². The Balaban J connectivity index is 2.05. The SMILES string of the molecule is COC(=O)C(NC(=O)c1cn2cc(-c3ccoc3)cc(C(F)(F)F)c2n1)C(C)O. The normalized spacial score (nSPS) is 13.9. The van der Waals surface area contributed by atoms with Crippen molar-refractivity contribution >= 4 is 17.5 Å². The molecule has 0 aromatic carbocycles. The van der Waals surface area contributed by atoms with Gasteiger partial charge in [-0.15, -0.1) is 0 Å². The third-order valence-electron chi connectivity index (χ3n) is 4.17. The predicted octanol–water partition coefficient (Wildman–Crippen LogP) is 2.27. The van der Waals surface area contributed by atoms with E-state index in [1.54, 1.807) is 0 Å². The summed E-state index contributed by atoms with van der Waals surface area (Å²) >= 11 is 0. The number of aliphatic hydroxyl groups excluding tert-OH is 1. The fourth-order valence-electron chi connectivity index (χ4n) is 2.72. The number of alkyl halides is 3. The molecule has 154 valence electrons. The number of imidazole rings is 1. The van der Waals surface area contributed by atoms with Gasteiger partial charge in [-0.3, -0.25) is 4.79 Å². The molecule has 0 saturated carbocycles. The standard InChI is InChI=1S/C18H16F3N3O5/c1-9(25)14(17(27)28-2)23-16(26)13-7-24-6-11(10-3-4-29-8-10)5-12(15(24)22-13)18(19,20)21/h3-9,14,25H,1-2H3,(H,23,26). The number of amides is 1. The van der Waals surface area contributed by atoms with Gasteiger partial charge < -0.3 is 24.0 Å². The molecule has 0 spiro atoms. The maximum Gasteiger partial charge on any atom is 0.420 e. The molecule has 3 aromatic rings. The molecular formula is C18H16F3N3O5. The molecule has 0 aliphatic heterocycles. The topological polar surface area (TPSA) is 106 Å². The third-order valence-corrected chi connectivity index (χ3v) is 4.17. The largest absolute Gasteiger partial charge is 0.472 e. The molecule has 2 unspecified atom stereocenters. The van der Waals surface area contributed by atoms with Gasteiger partial charge in [0.05, 0.1) is 31.3 Å². The highest BCUT2D eigenvalue weighted by Gasteiger charge is 2.35. The molecule has 2 N–H and O–H groups in total. The first-order chi connectivity index (χ1) is 13.6. The van der Waals surface area contributed by atoms with Crippen molar-refractivity contribution in [1.82, 2.24) is 14.7 Å². The lowest BCUT2D eigenvalue weighted by molar-refractivity contribution is -0.145. The molecule has 8 nitrogen and oxygen atoms in total. The number of hydrogen-bond donors (Lipinski definition) is 2. The number of pyridine rings is 1. The monoisotopic (exact) mass is 411 g/mol. The molecule has 3 aromatic heterocycles. The molecule has 0 fully saturated rings. The van der Waals surface area contributed by atoms with E-state index < -0.39 is 41.4 Å². The molecule has 11 heteroatoms. The first-order valence-corrected chi connectivity index (χ1v) is 8.31. The molecule has 0 saturated heterocycles. The zero-order valence-electron chi connectivity index (χ0n) is 15.2. The van der Waals surface area contributed by atoms with Crippen LogP contribution in [0.2, 0.25) is 0 Å². The predicted molar refractivity (Wildman–Crippen MR) is 92.8 cm³/mol. The first kappa shape index (κ1) is 20.4. The van der Waals surface area contributed by atoms with Gasteiger partial charge in [0.15, 0.2) is 6.04 Å². The second-order valence-corrected chi connectivity index (χ2v) is 6.22. The van der Waals surface area contributed by atoms with Crippen LogP contribution in [0, 0.1) is 0 Å². The minimum absolute atomic E-state index is 0.208. The van der Waals surface area contributed by atoms with Crippen molar-refractivity contribution in [3.05, 3.63) is 48.3 Å². The van der Waals surface area contributed by atoms with Crippen LogP contribution in [0.3, 0.4) is 0 Å². The Bertz CT molecular complexity index is 1040. The number of aromatic nitrogens is 2. The Morgan fingerprint density at radius 2 is 2.03 bits per heavy atom. The number of nitrogens with zero attached hydrogens (tertiary/aromatic N) is 2. The lowest BCUT2D eigenvalue weighted by Crippen LogP contribution is -2.48. The molecule has 2 atom stereocenters. The van der Waals surface area contributed by atoms with Crippen molar-refractivity contribution in [3.63, 3.8) is 0 Å². The van der Waals surface area contributed by atoms with Crippen molar-refractivity contribution < 1.29 is 37.0 Å². The van der Waals surface area contributed by atoms with Gasteiger partial charge in [-0.25, -0.2) is 9.78 Å². The molecule has 0 aliphatic carbocycles. The van der Waals surface area contributed by atoms with E-state index in [1.165, 1.54) is 31.7 Å². The van der Waals surface area contributed by atoms with Gasteiger partial charge in [0.2, 0.25) is 0 Å². The van der Waals surface area contributed by atoms with Gasteiger partial charge in [0, 0.05) is 23.5 Å². The summed E-state index contributed by atoms with van der Waals surface area (Å²) in [5.74, 6) is -1.85. The van der Waals surface area contributed by atoms with E-state index in [4.69, 9.17) is 4.42 Å². The van der Waals surface area contributed by atoms with Gasteiger partial charge in [0.1, 0.15) is 11.3 Å². The number of methoxy groups -OCH3 is 1. The number of ether oxygens (including phenoxy) is 1. The Kier molecular flexibility index (Phi) is 5.33. The molecular weight excluding hydrogens is 395 g/mol. The van der Waals surface area contributed by atoms with Crippen LogP contribution in [0.25, 0.3) is 16.8 Å². The summed E-state index contributed by atoms with van der Waals surface area (Å²) < 4.78 is 51.1. The smallest absolute Gasteiger partial charge is 0.420 e. The Labute approximate surface area is 161 Å². The quantitative estimate of drug-likeness (QED) is 0.624. The van der Waals surface area contributed by atoms with Crippen LogP contribution in [-0.2, 0) is 15.7 Å². The van der Waals surface area contributed by atoms with E-state index in [1.807, 2.05) is 0 Å². The summed E-state index contributed by atoms with van der Waals surface area (Å²) in [7, 11) is 1.07. The first-order valence-electron chi connectivity index (χ1n) is 8.31. The average molecular weight is 411 g/mol. The van der Waals surface area contributed by atoms with Crippen molar-refractivity contribution in [3.8, 4) is 11.1 Å². The van der Waals surface area contributed by atoms with Crippen molar-refractivity contribution in [2.45, 2.75) is 25.2 Å². The van der Waals surface area contributed by atoms with Crippen LogP contribution < -0.4 is 5.32 Å². The van der Waals surface area contributed by atoms with Crippen LogP contribution in [0.15, 0.2) is 41.5 Å². The van der Waals surface area contributed by atoms with Crippen molar-refractivity contribution in [2.75, 3.05) is 7.11 Å². The lowest BCUT2D eigenvalue weighted by atomic mass is 10.1. The van der Waals surface area contributed by atoms with Crippen molar-refractivity contribution in [2.24, 2.45) is 0 Å². The van der Waals surface area contributed by atoms with Crippen LogP contribution in [0.5, 0.6) is 0 Å². The van der Waals surface area contributed by atoms with Crippen LogP contribution >= 0.6 is 0 Å². The second kappa shape index (κ2) is 7.59. The third kappa shape index (κ3) is 4.09. The summed E-state index contributed by atoms with van der Waals surface area (Å²) in [6, 6.07) is 0.998. The van der Waals surface area contributed by atoms with Gasteiger partial charge in [-0.2, -0.15) is 13.2 Å². The fraction of sp³-hybridized carbons (Fsp3) is 0.278. The summed E-state index contributed by atoms with van der Waals surface area (Å²) in [6.07, 6.45) is -0.945. The number of fused-ring (bicyclic) bond motifs is 1. The molecule has 3 heterocycles. The number of nitrogens with one attached hydrogen (secondary N) is 1. The van der Waals surface area contributed by atoms with Crippen molar-refractivity contribution in [1.29, 1.82) is 0 Å². The number of esters is 1. The number of hydrogen-bond acceptors (Lipinski definition) is 6. The zero-order valence-corrected chi connectivity index (χ0v) is 15.2. The number of carbonyl (C=O) groups is 2. The summed E-state index contributed by atoms with van der Waals surface area (Å²) in [5.41, 5.74) is -1.28. The number of halogens is 3.